The van der Waals surface area contributed by atoms with Gasteiger partial charge in [0.2, 0.25) is 0 Å². The van der Waals surface area contributed by atoms with Gasteiger partial charge in [-0.05, 0) is 18.8 Å². The summed E-state index contributed by atoms with van der Waals surface area (Å²) in [5.74, 6) is -0.591. The molecule has 2 aliphatic rings. The SMILES string of the molecule is CCc1nn(C)c(Cl)c1CN1C[C@@H]2CCOC[C@]2(C(=O)O)C1. The summed E-state index contributed by atoms with van der Waals surface area (Å²) >= 11 is 6.35. The lowest BCUT2D eigenvalue weighted by Crippen LogP contribution is -2.46. The summed E-state index contributed by atoms with van der Waals surface area (Å²) in [5.41, 5.74) is 1.24. The highest BCUT2D eigenvalue weighted by Crippen LogP contribution is 2.42. The molecule has 2 aliphatic heterocycles. The van der Waals surface area contributed by atoms with E-state index < -0.39 is 11.4 Å². The molecule has 0 aromatic carbocycles. The monoisotopic (exact) mass is 327 g/mol. The number of aryl methyl sites for hydroxylation is 2. The van der Waals surface area contributed by atoms with Crippen molar-refractivity contribution in [2.75, 3.05) is 26.3 Å². The largest absolute Gasteiger partial charge is 0.481 e. The quantitative estimate of drug-likeness (QED) is 0.909. The zero-order chi connectivity index (χ0) is 15.9. The van der Waals surface area contributed by atoms with Crippen molar-refractivity contribution < 1.29 is 14.6 Å². The van der Waals surface area contributed by atoms with Crippen LogP contribution in [0.3, 0.4) is 0 Å². The molecule has 2 fully saturated rings. The molecule has 6 nitrogen and oxygen atoms in total. The third-order valence-corrected chi connectivity index (χ3v) is 5.50. The van der Waals surface area contributed by atoms with E-state index in [0.29, 0.717) is 31.5 Å². The Morgan fingerprint density at radius 2 is 2.36 bits per heavy atom. The van der Waals surface area contributed by atoms with E-state index in [9.17, 15) is 9.90 Å². The fourth-order valence-corrected chi connectivity index (χ4v) is 3.99. The molecule has 0 bridgehead atoms. The molecule has 22 heavy (non-hydrogen) atoms. The molecule has 0 unspecified atom stereocenters. The van der Waals surface area contributed by atoms with Crippen LogP contribution in [0.5, 0.6) is 0 Å². The van der Waals surface area contributed by atoms with Crippen LogP contribution in [0.25, 0.3) is 0 Å². The number of carbonyl (C=O) groups is 1. The number of ether oxygens (including phenoxy) is 1. The summed E-state index contributed by atoms with van der Waals surface area (Å²) < 4.78 is 7.16. The van der Waals surface area contributed by atoms with Gasteiger partial charge >= 0.3 is 5.97 Å². The highest BCUT2D eigenvalue weighted by molar-refractivity contribution is 6.30. The fourth-order valence-electron chi connectivity index (χ4n) is 3.78. The van der Waals surface area contributed by atoms with Crippen LogP contribution in [0.4, 0.5) is 0 Å². The Hall–Kier alpha value is -1.11. The number of rotatable bonds is 4. The lowest BCUT2D eigenvalue weighted by Gasteiger charge is -2.34. The van der Waals surface area contributed by atoms with E-state index in [4.69, 9.17) is 16.3 Å². The van der Waals surface area contributed by atoms with E-state index in [0.717, 1.165) is 30.6 Å². The van der Waals surface area contributed by atoms with Crippen LogP contribution in [-0.4, -0.2) is 52.1 Å². The average Bonchev–Trinajstić information content (AvgIpc) is 3.00. The maximum Gasteiger partial charge on any atom is 0.313 e. The maximum absolute atomic E-state index is 11.8. The van der Waals surface area contributed by atoms with E-state index in [1.807, 2.05) is 7.05 Å². The minimum Gasteiger partial charge on any atom is -0.481 e. The molecular formula is C15H22ClN3O3. The van der Waals surface area contributed by atoms with Crippen molar-refractivity contribution in [3.8, 4) is 0 Å². The van der Waals surface area contributed by atoms with Gasteiger partial charge in [0.15, 0.2) is 0 Å². The van der Waals surface area contributed by atoms with Gasteiger partial charge in [0.25, 0.3) is 0 Å². The first-order chi connectivity index (χ1) is 10.5. The number of halogens is 1. The second-order valence-electron chi connectivity index (χ2n) is 6.36. The molecule has 0 radical (unpaired) electrons. The molecular weight excluding hydrogens is 306 g/mol. The van der Waals surface area contributed by atoms with Crippen molar-refractivity contribution in [1.29, 1.82) is 0 Å². The smallest absolute Gasteiger partial charge is 0.313 e. The summed E-state index contributed by atoms with van der Waals surface area (Å²) in [6, 6.07) is 0. The number of nitrogens with zero attached hydrogens (tertiary/aromatic N) is 3. The molecule has 1 N–H and O–H groups in total. The second kappa shape index (κ2) is 5.83. The van der Waals surface area contributed by atoms with Gasteiger partial charge < -0.3 is 9.84 Å². The van der Waals surface area contributed by atoms with Crippen LogP contribution < -0.4 is 0 Å². The Morgan fingerprint density at radius 1 is 1.59 bits per heavy atom. The van der Waals surface area contributed by atoms with Crippen molar-refractivity contribution >= 4 is 17.6 Å². The third kappa shape index (κ3) is 2.43. The molecule has 0 amide bonds. The molecule has 122 valence electrons. The highest BCUT2D eigenvalue weighted by atomic mass is 35.5. The van der Waals surface area contributed by atoms with Gasteiger partial charge in [-0.15, -0.1) is 0 Å². The van der Waals surface area contributed by atoms with Gasteiger partial charge in [-0.3, -0.25) is 14.4 Å². The summed E-state index contributed by atoms with van der Waals surface area (Å²) in [4.78, 5) is 14.0. The lowest BCUT2D eigenvalue weighted by molar-refractivity contribution is -0.159. The number of hydrogen-bond acceptors (Lipinski definition) is 4. The minimum absolute atomic E-state index is 0.152. The van der Waals surface area contributed by atoms with Crippen LogP contribution in [-0.2, 0) is 29.5 Å². The number of aliphatic carboxylic acids is 1. The van der Waals surface area contributed by atoms with Crippen LogP contribution in [0.1, 0.15) is 24.6 Å². The van der Waals surface area contributed by atoms with E-state index in [2.05, 4.69) is 16.9 Å². The standard InChI is InChI=1S/C15H22ClN3O3/c1-3-12-11(13(16)18(2)17-12)7-19-6-10-4-5-22-9-15(10,8-19)14(20)21/h10H,3-9H2,1-2H3,(H,20,21)/t10-,15+/m0/s1. The highest BCUT2D eigenvalue weighted by Gasteiger charge is 2.54. The van der Waals surface area contributed by atoms with E-state index in [1.54, 1.807) is 4.68 Å². The number of carboxylic acid groups (broad SMARTS) is 1. The molecule has 0 aliphatic carbocycles. The second-order valence-corrected chi connectivity index (χ2v) is 6.72. The van der Waals surface area contributed by atoms with Crippen LogP contribution >= 0.6 is 11.6 Å². The van der Waals surface area contributed by atoms with Crippen LogP contribution in [0.2, 0.25) is 5.15 Å². The Morgan fingerprint density at radius 3 is 3.00 bits per heavy atom. The van der Waals surface area contributed by atoms with Gasteiger partial charge in [-0.25, -0.2) is 0 Å². The third-order valence-electron chi connectivity index (χ3n) is 5.03. The first-order valence-electron chi connectivity index (χ1n) is 7.71. The minimum atomic E-state index is -0.765. The predicted molar refractivity (Wildman–Crippen MR) is 81.9 cm³/mol. The number of likely N-dealkylation sites (tertiary alicyclic amines) is 1. The maximum atomic E-state index is 11.8. The number of carboxylic acids is 1. The normalized spacial score (nSPS) is 28.8. The van der Waals surface area contributed by atoms with Crippen molar-refractivity contribution in [1.82, 2.24) is 14.7 Å². The molecule has 1 aromatic rings. The lowest BCUT2D eigenvalue weighted by atomic mass is 9.76. The summed E-state index contributed by atoms with van der Waals surface area (Å²) in [6.07, 6.45) is 1.63. The van der Waals surface area contributed by atoms with E-state index in [-0.39, 0.29) is 5.92 Å². The molecule has 3 heterocycles. The van der Waals surface area contributed by atoms with Crippen molar-refractivity contribution in [2.24, 2.45) is 18.4 Å². The Kier molecular flexibility index (Phi) is 4.18. The summed E-state index contributed by atoms with van der Waals surface area (Å²) in [7, 11) is 1.83. The summed E-state index contributed by atoms with van der Waals surface area (Å²) in [6.45, 7) is 4.97. The Labute approximate surface area is 135 Å². The Balaban J connectivity index is 1.82. The van der Waals surface area contributed by atoms with Crippen molar-refractivity contribution in [2.45, 2.75) is 26.3 Å². The van der Waals surface area contributed by atoms with Gasteiger partial charge in [0, 0.05) is 38.9 Å². The molecule has 3 rings (SSSR count). The van der Waals surface area contributed by atoms with Crippen LogP contribution in [0, 0.1) is 11.3 Å². The summed E-state index contributed by atoms with van der Waals surface area (Å²) in [5, 5.41) is 14.8. The molecule has 7 heteroatoms. The topological polar surface area (TPSA) is 67.6 Å². The van der Waals surface area contributed by atoms with Crippen molar-refractivity contribution in [3.05, 3.63) is 16.4 Å². The number of fused-ring (bicyclic) bond motifs is 1. The van der Waals surface area contributed by atoms with E-state index >= 15 is 0 Å². The van der Waals surface area contributed by atoms with Crippen molar-refractivity contribution in [3.63, 3.8) is 0 Å². The predicted octanol–water partition coefficient (Wildman–Crippen LogP) is 1.56. The van der Waals surface area contributed by atoms with Gasteiger partial charge in [0.1, 0.15) is 10.6 Å². The molecule has 1 aromatic heterocycles. The zero-order valence-electron chi connectivity index (χ0n) is 13.0. The number of aromatic nitrogens is 2. The van der Waals surface area contributed by atoms with Gasteiger partial charge in [-0.1, -0.05) is 18.5 Å². The van der Waals surface area contributed by atoms with Gasteiger partial charge in [0.05, 0.1) is 12.3 Å². The Bertz CT molecular complexity index is 589. The molecule has 2 saturated heterocycles. The first kappa shape index (κ1) is 15.8. The van der Waals surface area contributed by atoms with Crippen LogP contribution in [0.15, 0.2) is 0 Å². The number of hydrogen-bond donors (Lipinski definition) is 1. The molecule has 0 saturated carbocycles. The van der Waals surface area contributed by atoms with E-state index in [1.165, 1.54) is 0 Å². The first-order valence-corrected chi connectivity index (χ1v) is 8.09. The zero-order valence-corrected chi connectivity index (χ0v) is 13.8. The average molecular weight is 328 g/mol. The molecule has 2 atom stereocenters. The van der Waals surface area contributed by atoms with Gasteiger partial charge in [-0.2, -0.15) is 5.10 Å². The molecule has 0 spiro atoms. The fraction of sp³-hybridized carbons (Fsp3) is 0.733.